The van der Waals surface area contributed by atoms with E-state index < -0.39 is 0 Å². The smallest absolute Gasteiger partial charge is 0.309 e. The Morgan fingerprint density at radius 3 is 3.29 bits per heavy atom. The van der Waals surface area contributed by atoms with Crippen molar-refractivity contribution in [2.24, 2.45) is 5.92 Å². The van der Waals surface area contributed by atoms with E-state index in [2.05, 4.69) is 15.5 Å². The van der Waals surface area contributed by atoms with Gasteiger partial charge in [-0.25, -0.2) is 0 Å². The van der Waals surface area contributed by atoms with Gasteiger partial charge >= 0.3 is 5.97 Å². The van der Waals surface area contributed by atoms with Crippen molar-refractivity contribution in [2.45, 2.75) is 38.3 Å². The SMILES string of the molecule is CCOC(=O)C1CC2Cc3n[nH]cc3C(C1)N2. The normalized spacial score (nSPS) is 30.8. The number of aromatic amines is 1. The van der Waals surface area contributed by atoms with Crippen molar-refractivity contribution in [3.05, 3.63) is 17.5 Å². The number of carbonyl (C=O) groups is 1. The lowest BCUT2D eigenvalue weighted by molar-refractivity contribution is -0.149. The summed E-state index contributed by atoms with van der Waals surface area (Å²) >= 11 is 0. The van der Waals surface area contributed by atoms with Crippen LogP contribution in [-0.4, -0.2) is 28.8 Å². The number of fused-ring (bicyclic) bond motifs is 4. The molecule has 2 aliphatic heterocycles. The second-order valence-electron chi connectivity index (χ2n) is 4.83. The quantitative estimate of drug-likeness (QED) is 0.749. The van der Waals surface area contributed by atoms with E-state index in [9.17, 15) is 4.79 Å². The standard InChI is InChI=1S/C12H17N3O2/c1-2-17-12(16)7-3-8-5-11-9(6-13-15-11)10(4-7)14-8/h6-8,10,14H,2-5H2,1H3,(H,13,15). The number of aromatic nitrogens is 2. The first-order valence-corrected chi connectivity index (χ1v) is 6.23. The Kier molecular flexibility index (Phi) is 2.63. The molecular weight excluding hydrogens is 218 g/mol. The van der Waals surface area contributed by atoms with Crippen molar-refractivity contribution >= 4 is 5.97 Å². The molecule has 1 fully saturated rings. The van der Waals surface area contributed by atoms with Crippen LogP contribution in [0.4, 0.5) is 0 Å². The molecule has 3 unspecified atom stereocenters. The molecule has 0 spiro atoms. The Morgan fingerprint density at radius 1 is 1.59 bits per heavy atom. The van der Waals surface area contributed by atoms with Crippen LogP contribution >= 0.6 is 0 Å². The molecule has 17 heavy (non-hydrogen) atoms. The maximum atomic E-state index is 11.8. The van der Waals surface area contributed by atoms with Crippen molar-refractivity contribution in [3.8, 4) is 0 Å². The van der Waals surface area contributed by atoms with Gasteiger partial charge < -0.3 is 10.1 Å². The molecule has 2 aliphatic rings. The average molecular weight is 235 g/mol. The molecule has 0 aromatic carbocycles. The highest BCUT2D eigenvalue weighted by molar-refractivity contribution is 5.72. The second-order valence-corrected chi connectivity index (χ2v) is 4.83. The molecule has 2 bridgehead atoms. The molecule has 3 atom stereocenters. The zero-order valence-corrected chi connectivity index (χ0v) is 9.90. The molecular formula is C12H17N3O2. The molecule has 0 radical (unpaired) electrons. The van der Waals surface area contributed by atoms with E-state index in [4.69, 9.17) is 4.74 Å². The van der Waals surface area contributed by atoms with Crippen LogP contribution in [-0.2, 0) is 16.0 Å². The summed E-state index contributed by atoms with van der Waals surface area (Å²) < 4.78 is 5.13. The number of hydrogen-bond donors (Lipinski definition) is 2. The number of esters is 1. The Morgan fingerprint density at radius 2 is 2.47 bits per heavy atom. The zero-order chi connectivity index (χ0) is 11.8. The number of nitrogens with zero attached hydrogens (tertiary/aromatic N) is 1. The zero-order valence-electron chi connectivity index (χ0n) is 9.90. The van der Waals surface area contributed by atoms with Gasteiger partial charge in [-0.3, -0.25) is 9.89 Å². The van der Waals surface area contributed by atoms with Gasteiger partial charge in [-0.1, -0.05) is 0 Å². The van der Waals surface area contributed by atoms with E-state index >= 15 is 0 Å². The van der Waals surface area contributed by atoms with Gasteiger partial charge in [-0.2, -0.15) is 5.10 Å². The number of rotatable bonds is 2. The van der Waals surface area contributed by atoms with Crippen molar-refractivity contribution in [3.63, 3.8) is 0 Å². The molecule has 2 N–H and O–H groups in total. The lowest BCUT2D eigenvalue weighted by Crippen LogP contribution is -2.47. The second kappa shape index (κ2) is 4.14. The van der Waals surface area contributed by atoms with Crippen molar-refractivity contribution in [1.29, 1.82) is 0 Å². The molecule has 5 nitrogen and oxygen atoms in total. The number of piperidine rings is 1. The highest BCUT2D eigenvalue weighted by Gasteiger charge is 2.38. The third-order valence-corrected chi connectivity index (χ3v) is 3.71. The monoisotopic (exact) mass is 235 g/mol. The fourth-order valence-corrected chi connectivity index (χ4v) is 2.98. The first-order chi connectivity index (χ1) is 8.28. The molecule has 1 aromatic rings. The molecule has 92 valence electrons. The number of nitrogens with one attached hydrogen (secondary N) is 2. The molecule has 0 aliphatic carbocycles. The summed E-state index contributed by atoms with van der Waals surface area (Å²) in [6, 6.07) is 0.615. The Bertz CT molecular complexity index is 429. The number of H-pyrrole nitrogens is 1. The van der Waals surface area contributed by atoms with E-state index in [1.807, 2.05) is 13.1 Å². The summed E-state index contributed by atoms with van der Waals surface area (Å²) in [5.74, 6) is -0.00908. The Hall–Kier alpha value is -1.36. The molecule has 0 saturated carbocycles. The average Bonchev–Trinajstić information content (AvgIpc) is 2.77. The maximum absolute atomic E-state index is 11.8. The third kappa shape index (κ3) is 1.84. The Balaban J connectivity index is 1.79. The van der Waals surface area contributed by atoms with Gasteiger partial charge in [-0.05, 0) is 19.8 Å². The predicted octanol–water partition coefficient (Wildman–Crippen LogP) is 0.938. The first-order valence-electron chi connectivity index (χ1n) is 6.23. The van der Waals surface area contributed by atoms with Crippen LogP contribution in [0.3, 0.4) is 0 Å². The molecule has 1 saturated heterocycles. The molecule has 1 aromatic heterocycles. The van der Waals surface area contributed by atoms with E-state index in [-0.39, 0.29) is 17.9 Å². The number of ether oxygens (including phenoxy) is 1. The minimum atomic E-state index is -0.0454. The first kappa shape index (κ1) is 10.8. The summed E-state index contributed by atoms with van der Waals surface area (Å²) in [6.45, 7) is 2.32. The highest BCUT2D eigenvalue weighted by Crippen LogP contribution is 2.36. The van der Waals surface area contributed by atoms with Crippen LogP contribution in [0.2, 0.25) is 0 Å². The summed E-state index contributed by atoms with van der Waals surface area (Å²) in [5, 5.41) is 10.7. The number of hydrogen-bond acceptors (Lipinski definition) is 4. The van der Waals surface area contributed by atoms with Crippen LogP contribution in [0.15, 0.2) is 6.20 Å². The lowest BCUT2D eigenvalue weighted by Gasteiger charge is -2.38. The van der Waals surface area contributed by atoms with Crippen LogP contribution < -0.4 is 5.32 Å². The van der Waals surface area contributed by atoms with Gasteiger partial charge in [0.1, 0.15) is 0 Å². The minimum absolute atomic E-state index is 0.0363. The summed E-state index contributed by atoms with van der Waals surface area (Å²) in [6.07, 6.45) is 4.53. The molecule has 3 heterocycles. The Labute approximate surface area is 99.9 Å². The fraction of sp³-hybridized carbons (Fsp3) is 0.667. The summed E-state index contributed by atoms with van der Waals surface area (Å²) in [5.41, 5.74) is 2.37. The highest BCUT2D eigenvalue weighted by atomic mass is 16.5. The van der Waals surface area contributed by atoms with E-state index in [0.717, 1.165) is 25.0 Å². The van der Waals surface area contributed by atoms with E-state index in [0.29, 0.717) is 12.6 Å². The van der Waals surface area contributed by atoms with Gasteiger partial charge in [0.05, 0.1) is 18.2 Å². The maximum Gasteiger partial charge on any atom is 0.309 e. The third-order valence-electron chi connectivity index (χ3n) is 3.71. The predicted molar refractivity (Wildman–Crippen MR) is 61.3 cm³/mol. The van der Waals surface area contributed by atoms with Gasteiger partial charge in [0.2, 0.25) is 0 Å². The van der Waals surface area contributed by atoms with Gasteiger partial charge in [0, 0.05) is 30.3 Å². The van der Waals surface area contributed by atoms with E-state index in [1.165, 1.54) is 5.56 Å². The van der Waals surface area contributed by atoms with Gasteiger partial charge in [0.15, 0.2) is 0 Å². The summed E-state index contributed by atoms with van der Waals surface area (Å²) in [7, 11) is 0. The van der Waals surface area contributed by atoms with Crippen LogP contribution in [0, 0.1) is 5.92 Å². The minimum Gasteiger partial charge on any atom is -0.466 e. The molecule has 3 rings (SSSR count). The largest absolute Gasteiger partial charge is 0.466 e. The van der Waals surface area contributed by atoms with Crippen molar-refractivity contribution in [2.75, 3.05) is 6.61 Å². The molecule has 0 amide bonds. The van der Waals surface area contributed by atoms with E-state index in [1.54, 1.807) is 0 Å². The van der Waals surface area contributed by atoms with Crippen molar-refractivity contribution in [1.82, 2.24) is 15.5 Å². The van der Waals surface area contributed by atoms with Crippen LogP contribution in [0.1, 0.15) is 37.1 Å². The van der Waals surface area contributed by atoms with Gasteiger partial charge in [0.25, 0.3) is 0 Å². The summed E-state index contributed by atoms with van der Waals surface area (Å²) in [4.78, 5) is 11.8. The lowest BCUT2D eigenvalue weighted by atomic mass is 9.79. The molecule has 5 heteroatoms. The van der Waals surface area contributed by atoms with Crippen LogP contribution in [0.5, 0.6) is 0 Å². The van der Waals surface area contributed by atoms with Crippen LogP contribution in [0.25, 0.3) is 0 Å². The van der Waals surface area contributed by atoms with Crippen molar-refractivity contribution < 1.29 is 9.53 Å². The fourth-order valence-electron chi connectivity index (χ4n) is 2.98. The van der Waals surface area contributed by atoms with Gasteiger partial charge in [-0.15, -0.1) is 0 Å². The number of carbonyl (C=O) groups excluding carboxylic acids is 1. The topological polar surface area (TPSA) is 67.0 Å².